The second-order valence-corrected chi connectivity index (χ2v) is 4.95. The van der Waals surface area contributed by atoms with Gasteiger partial charge >= 0.3 is 6.36 Å². The molecule has 124 valence electrons. The highest BCUT2D eigenvalue weighted by Crippen LogP contribution is 2.29. The Balaban J connectivity index is 0.00000441. The van der Waals surface area contributed by atoms with Crippen molar-refractivity contribution in [2.75, 3.05) is 23.4 Å². The number of thioether (sulfide) groups is 1. The van der Waals surface area contributed by atoms with Gasteiger partial charge in [-0.3, -0.25) is 4.99 Å². The van der Waals surface area contributed by atoms with Crippen LogP contribution in [0.4, 0.5) is 18.9 Å². The van der Waals surface area contributed by atoms with Crippen LogP contribution in [-0.4, -0.2) is 30.4 Å². The molecule has 0 saturated heterocycles. The molecule has 0 aromatic heterocycles. The van der Waals surface area contributed by atoms with Crippen LogP contribution >= 0.6 is 35.7 Å². The number of alkyl halides is 3. The third-order valence-electron chi connectivity index (χ3n) is 2.13. The third kappa shape index (κ3) is 9.03. The van der Waals surface area contributed by atoms with Crippen molar-refractivity contribution >= 4 is 47.4 Å². The van der Waals surface area contributed by atoms with Gasteiger partial charge in [-0.05, 0) is 12.1 Å². The van der Waals surface area contributed by atoms with Gasteiger partial charge in [-0.25, -0.2) is 0 Å². The molecule has 0 fully saturated rings. The van der Waals surface area contributed by atoms with Crippen LogP contribution in [-0.2, 0) is 0 Å². The fourth-order valence-electron chi connectivity index (χ4n) is 1.36. The van der Waals surface area contributed by atoms with E-state index in [1.807, 2.05) is 0 Å². The highest BCUT2D eigenvalue weighted by atomic mass is 127. The molecule has 0 atom stereocenters. The van der Waals surface area contributed by atoms with Crippen LogP contribution in [0.2, 0.25) is 0 Å². The molecule has 1 rings (SSSR count). The quantitative estimate of drug-likeness (QED) is 0.219. The zero-order chi connectivity index (χ0) is 15.7. The number of anilines is 1. The Bertz CT molecular complexity index is 498. The molecule has 0 aliphatic rings. The van der Waals surface area contributed by atoms with Gasteiger partial charge in [0, 0.05) is 11.5 Å². The Labute approximate surface area is 148 Å². The number of halogens is 4. The summed E-state index contributed by atoms with van der Waals surface area (Å²) in [4.78, 5) is 4.02. The van der Waals surface area contributed by atoms with Gasteiger partial charge < -0.3 is 15.8 Å². The maximum Gasteiger partial charge on any atom is 0.573 e. The predicted molar refractivity (Wildman–Crippen MR) is 96.2 cm³/mol. The average molecular weight is 447 g/mol. The molecule has 0 saturated carbocycles. The van der Waals surface area contributed by atoms with Gasteiger partial charge in [-0.2, -0.15) is 11.8 Å². The molecule has 22 heavy (non-hydrogen) atoms. The van der Waals surface area contributed by atoms with Crippen molar-refractivity contribution in [3.8, 4) is 5.75 Å². The maximum atomic E-state index is 12.3. The molecule has 1 aromatic carbocycles. The number of aliphatic imine (C=N–C) groups is 1. The predicted octanol–water partition coefficient (Wildman–Crippen LogP) is 3.85. The molecule has 0 heterocycles. The SMILES string of the molecule is C=CCSCCN=C(N)Nc1ccccc1OC(F)(F)F.I. The van der Waals surface area contributed by atoms with E-state index in [2.05, 4.69) is 21.6 Å². The van der Waals surface area contributed by atoms with E-state index in [0.29, 0.717) is 6.54 Å². The van der Waals surface area contributed by atoms with Crippen molar-refractivity contribution in [1.29, 1.82) is 0 Å². The van der Waals surface area contributed by atoms with Gasteiger partial charge in [0.15, 0.2) is 11.7 Å². The van der Waals surface area contributed by atoms with Gasteiger partial charge in [-0.1, -0.05) is 18.2 Å². The summed E-state index contributed by atoms with van der Waals surface area (Å²) in [6, 6.07) is 5.63. The first kappa shape index (κ1) is 20.9. The lowest BCUT2D eigenvalue weighted by Gasteiger charge is -2.14. The summed E-state index contributed by atoms with van der Waals surface area (Å²) >= 11 is 1.63. The van der Waals surface area contributed by atoms with E-state index < -0.39 is 6.36 Å². The number of nitrogens with zero attached hydrogens (tertiary/aromatic N) is 1. The minimum Gasteiger partial charge on any atom is -0.404 e. The van der Waals surface area contributed by atoms with E-state index in [1.165, 1.54) is 18.2 Å². The Morgan fingerprint density at radius 2 is 2.09 bits per heavy atom. The molecule has 0 bridgehead atoms. The van der Waals surface area contributed by atoms with Crippen LogP contribution < -0.4 is 15.8 Å². The highest BCUT2D eigenvalue weighted by molar-refractivity contribution is 14.0. The highest BCUT2D eigenvalue weighted by Gasteiger charge is 2.32. The van der Waals surface area contributed by atoms with E-state index in [9.17, 15) is 13.2 Å². The van der Waals surface area contributed by atoms with Crippen LogP contribution in [0.25, 0.3) is 0 Å². The number of nitrogens with one attached hydrogen (secondary N) is 1. The molecule has 0 unspecified atom stereocenters. The van der Waals surface area contributed by atoms with Gasteiger partial charge in [0.25, 0.3) is 0 Å². The van der Waals surface area contributed by atoms with Gasteiger partial charge in [-0.15, -0.1) is 43.7 Å². The van der Waals surface area contributed by atoms with E-state index in [1.54, 1.807) is 23.9 Å². The Kier molecular flexibility index (Phi) is 10.1. The minimum atomic E-state index is -4.76. The number of para-hydroxylation sites is 2. The molecule has 1 aromatic rings. The monoisotopic (exact) mass is 447 g/mol. The number of benzene rings is 1. The number of guanidine groups is 1. The summed E-state index contributed by atoms with van der Waals surface area (Å²) in [5.41, 5.74) is 5.73. The average Bonchev–Trinajstić information content (AvgIpc) is 2.39. The fourth-order valence-corrected chi connectivity index (χ4v) is 1.91. The number of rotatable bonds is 7. The maximum absolute atomic E-state index is 12.3. The van der Waals surface area contributed by atoms with Gasteiger partial charge in [0.1, 0.15) is 0 Å². The zero-order valence-electron chi connectivity index (χ0n) is 11.6. The number of hydrogen-bond acceptors (Lipinski definition) is 3. The molecule has 0 aliphatic carbocycles. The summed E-state index contributed by atoms with van der Waals surface area (Å²) in [6.45, 7) is 4.05. The first-order valence-electron chi connectivity index (χ1n) is 6.02. The summed E-state index contributed by atoms with van der Waals surface area (Å²) < 4.78 is 40.7. The minimum absolute atomic E-state index is 0. The van der Waals surface area contributed by atoms with E-state index in [-0.39, 0.29) is 41.4 Å². The second kappa shape index (κ2) is 10.6. The summed E-state index contributed by atoms with van der Waals surface area (Å²) in [7, 11) is 0. The van der Waals surface area contributed by atoms with Crippen LogP contribution in [0, 0.1) is 0 Å². The molecule has 3 N–H and O–H groups in total. The van der Waals surface area contributed by atoms with Gasteiger partial charge in [0.2, 0.25) is 0 Å². The lowest BCUT2D eigenvalue weighted by Crippen LogP contribution is -2.24. The second-order valence-electron chi connectivity index (χ2n) is 3.80. The zero-order valence-corrected chi connectivity index (χ0v) is 14.7. The largest absolute Gasteiger partial charge is 0.573 e. The molecule has 4 nitrogen and oxygen atoms in total. The Hall–Kier alpha value is -1.10. The van der Waals surface area contributed by atoms with E-state index >= 15 is 0 Å². The lowest BCUT2D eigenvalue weighted by molar-refractivity contribution is -0.274. The van der Waals surface area contributed by atoms with Crippen molar-refractivity contribution in [1.82, 2.24) is 0 Å². The van der Waals surface area contributed by atoms with Crippen LogP contribution in [0.1, 0.15) is 0 Å². The van der Waals surface area contributed by atoms with Crippen molar-refractivity contribution in [3.63, 3.8) is 0 Å². The topological polar surface area (TPSA) is 59.6 Å². The molecular formula is C13H17F3IN3OS. The molecule has 0 aliphatic heterocycles. The molecule has 0 radical (unpaired) electrons. The van der Waals surface area contributed by atoms with Crippen molar-refractivity contribution in [3.05, 3.63) is 36.9 Å². The smallest absolute Gasteiger partial charge is 0.404 e. The summed E-state index contributed by atoms with van der Waals surface area (Å²) in [6.07, 6.45) is -2.98. The van der Waals surface area contributed by atoms with Gasteiger partial charge in [0.05, 0.1) is 12.2 Å². The van der Waals surface area contributed by atoms with Crippen molar-refractivity contribution < 1.29 is 17.9 Å². The van der Waals surface area contributed by atoms with E-state index in [0.717, 1.165) is 11.5 Å². The van der Waals surface area contributed by atoms with Crippen LogP contribution in [0.5, 0.6) is 5.75 Å². The van der Waals surface area contributed by atoms with E-state index in [4.69, 9.17) is 5.73 Å². The molecule has 9 heteroatoms. The summed E-state index contributed by atoms with van der Waals surface area (Å²) in [5, 5.41) is 2.60. The summed E-state index contributed by atoms with van der Waals surface area (Å²) in [5.74, 6) is 1.23. The number of nitrogens with two attached hydrogens (primary N) is 1. The molecule has 0 amide bonds. The number of ether oxygens (including phenoxy) is 1. The number of hydrogen-bond donors (Lipinski definition) is 2. The molecular weight excluding hydrogens is 430 g/mol. The first-order chi connectivity index (χ1) is 9.92. The molecule has 0 spiro atoms. The lowest BCUT2D eigenvalue weighted by atomic mass is 10.3. The van der Waals surface area contributed by atoms with Crippen molar-refractivity contribution in [2.45, 2.75) is 6.36 Å². The Morgan fingerprint density at radius 1 is 1.41 bits per heavy atom. The standard InChI is InChI=1S/C13H16F3N3OS.HI/c1-2-8-21-9-7-18-12(17)19-10-5-3-4-6-11(10)20-13(14,15)16;/h2-6H,1,7-9H2,(H3,17,18,19);1H. The third-order valence-corrected chi connectivity index (χ3v) is 3.07. The van der Waals surface area contributed by atoms with Crippen LogP contribution in [0.15, 0.2) is 41.9 Å². The fraction of sp³-hybridized carbons (Fsp3) is 0.308. The van der Waals surface area contributed by atoms with Crippen LogP contribution in [0.3, 0.4) is 0 Å². The Morgan fingerprint density at radius 3 is 2.73 bits per heavy atom. The first-order valence-corrected chi connectivity index (χ1v) is 7.18. The normalized spacial score (nSPS) is 11.5. The van der Waals surface area contributed by atoms with Crippen molar-refractivity contribution in [2.24, 2.45) is 10.7 Å².